The zero-order valence-corrected chi connectivity index (χ0v) is 28.7. The first-order valence-electron chi connectivity index (χ1n) is 15.4. The van der Waals surface area contributed by atoms with E-state index in [2.05, 4.69) is 15.6 Å². The Balaban J connectivity index is 1.44. The van der Waals surface area contributed by atoms with E-state index in [1.165, 1.54) is 13.2 Å². The summed E-state index contributed by atoms with van der Waals surface area (Å²) < 4.78 is 40.1. The maximum absolute atomic E-state index is 14.8. The molecule has 2 amide bonds. The number of pyridine rings is 1. The lowest BCUT2D eigenvalue weighted by molar-refractivity contribution is -0.119. The lowest BCUT2D eigenvalue weighted by atomic mass is 10.0. The molecule has 49 heavy (non-hydrogen) atoms. The van der Waals surface area contributed by atoms with Crippen molar-refractivity contribution < 1.29 is 32.6 Å². The van der Waals surface area contributed by atoms with Gasteiger partial charge >= 0.3 is 6.09 Å². The Morgan fingerprint density at radius 3 is 2.51 bits per heavy atom. The van der Waals surface area contributed by atoms with Crippen molar-refractivity contribution in [2.75, 3.05) is 19.0 Å². The molecular weight excluding hydrogens is 677 g/mol. The smallest absolute Gasteiger partial charge is 0.410 e. The van der Waals surface area contributed by atoms with E-state index in [4.69, 9.17) is 32.7 Å². The molecule has 1 aliphatic rings. The number of amides is 2. The number of methoxy groups -OCH3 is 1. The molecule has 5 rings (SSSR count). The number of hydrogen-bond donors (Lipinski definition) is 2. The summed E-state index contributed by atoms with van der Waals surface area (Å²) in [6.07, 6.45) is 2.18. The molecule has 0 radical (unpaired) electrons. The fourth-order valence-corrected chi connectivity index (χ4v) is 6.04. The molecule has 1 atom stereocenters. The summed E-state index contributed by atoms with van der Waals surface area (Å²) in [6, 6.07) is 14.1. The molecule has 3 aromatic carbocycles. The van der Waals surface area contributed by atoms with Crippen molar-refractivity contribution in [1.29, 1.82) is 0 Å². The van der Waals surface area contributed by atoms with Crippen molar-refractivity contribution in [3.8, 4) is 28.1 Å². The minimum Gasteiger partial charge on any atom is -0.496 e. The van der Waals surface area contributed by atoms with E-state index < -0.39 is 28.9 Å². The molecule has 1 aliphatic heterocycles. The number of carbonyl (C=O) groups is 3. The van der Waals surface area contributed by atoms with E-state index in [0.29, 0.717) is 52.2 Å². The zero-order valence-electron chi connectivity index (χ0n) is 27.2. The molecular formula is C36H34Cl2F2N4O5. The second kappa shape index (κ2) is 14.8. The number of hydrogen-bond acceptors (Lipinski definition) is 7. The zero-order chi connectivity index (χ0) is 35.5. The van der Waals surface area contributed by atoms with Gasteiger partial charge in [0, 0.05) is 47.5 Å². The van der Waals surface area contributed by atoms with Gasteiger partial charge < -0.3 is 25.0 Å². The number of aldehydes is 1. The number of nitrogens with one attached hydrogen (secondary N) is 2. The van der Waals surface area contributed by atoms with Gasteiger partial charge in [0.1, 0.15) is 17.2 Å². The van der Waals surface area contributed by atoms with E-state index in [9.17, 15) is 23.2 Å². The fraction of sp³-hybridized carbons (Fsp3) is 0.278. The van der Waals surface area contributed by atoms with E-state index in [0.717, 1.165) is 6.07 Å². The van der Waals surface area contributed by atoms with Crippen LogP contribution in [0.5, 0.6) is 5.75 Å². The van der Waals surface area contributed by atoms with E-state index in [-0.39, 0.29) is 47.1 Å². The summed E-state index contributed by atoms with van der Waals surface area (Å²) in [5.41, 5.74) is 1.55. The number of halogens is 4. The molecule has 13 heteroatoms. The largest absolute Gasteiger partial charge is 0.496 e. The van der Waals surface area contributed by atoms with Gasteiger partial charge in [-0.25, -0.2) is 13.6 Å². The molecule has 1 saturated heterocycles. The number of rotatable bonds is 10. The second-order valence-corrected chi connectivity index (χ2v) is 13.2. The molecule has 0 unspecified atom stereocenters. The molecule has 2 N–H and O–H groups in total. The Morgan fingerprint density at radius 1 is 1.08 bits per heavy atom. The van der Waals surface area contributed by atoms with Gasteiger partial charge in [-0.3, -0.25) is 14.6 Å². The number of nitrogens with zero attached hydrogens (tertiary/aromatic N) is 2. The molecule has 1 aromatic heterocycles. The summed E-state index contributed by atoms with van der Waals surface area (Å²) in [7, 11) is 1.52. The predicted molar refractivity (Wildman–Crippen MR) is 185 cm³/mol. The van der Waals surface area contributed by atoms with Gasteiger partial charge in [0.25, 0.3) is 0 Å². The van der Waals surface area contributed by atoms with Gasteiger partial charge in [-0.1, -0.05) is 47.5 Å². The van der Waals surface area contributed by atoms with Crippen molar-refractivity contribution in [1.82, 2.24) is 15.2 Å². The Labute approximate surface area is 292 Å². The predicted octanol–water partition coefficient (Wildman–Crippen LogP) is 8.58. The van der Waals surface area contributed by atoms with Crippen molar-refractivity contribution in [3.63, 3.8) is 0 Å². The van der Waals surface area contributed by atoms with Crippen molar-refractivity contribution in [2.45, 2.75) is 51.8 Å². The van der Waals surface area contributed by atoms with Gasteiger partial charge in [0.15, 0.2) is 12.1 Å². The van der Waals surface area contributed by atoms with E-state index in [1.807, 2.05) is 12.1 Å². The molecule has 2 heterocycles. The Morgan fingerprint density at radius 2 is 1.84 bits per heavy atom. The summed E-state index contributed by atoms with van der Waals surface area (Å²) in [4.78, 5) is 42.3. The molecule has 0 aliphatic carbocycles. The SMILES string of the molecule is COc1cc(-c2nccc(-c3cccc(Nc4ccc(F)c(C=O)c4F)c3Cl)c2Cl)ccc1CN(C[C@@H]1CCC(=O)N1)C(=O)OC(C)(C)C. The van der Waals surface area contributed by atoms with E-state index in [1.54, 1.807) is 62.2 Å². The molecule has 0 saturated carbocycles. The van der Waals surface area contributed by atoms with Gasteiger partial charge in [-0.2, -0.15) is 0 Å². The number of aromatic nitrogens is 1. The summed E-state index contributed by atoms with van der Waals surface area (Å²) >= 11 is 13.7. The highest BCUT2D eigenvalue weighted by molar-refractivity contribution is 6.39. The normalized spacial score (nSPS) is 14.3. The summed E-state index contributed by atoms with van der Waals surface area (Å²) in [5.74, 6) is -1.59. The van der Waals surface area contributed by atoms with Crippen LogP contribution in [-0.4, -0.2) is 53.5 Å². The Bertz CT molecular complexity index is 1920. The third-order valence-corrected chi connectivity index (χ3v) is 8.58. The van der Waals surface area contributed by atoms with Crippen LogP contribution in [0.4, 0.5) is 25.0 Å². The van der Waals surface area contributed by atoms with Crippen molar-refractivity contribution in [3.05, 3.63) is 93.6 Å². The maximum Gasteiger partial charge on any atom is 0.410 e. The number of carbonyl (C=O) groups excluding carboxylic acids is 3. The van der Waals surface area contributed by atoms with Crippen molar-refractivity contribution in [2.24, 2.45) is 0 Å². The summed E-state index contributed by atoms with van der Waals surface area (Å²) in [6.45, 7) is 5.79. The minimum absolute atomic E-state index is 0.0538. The van der Waals surface area contributed by atoms with Crippen LogP contribution < -0.4 is 15.4 Å². The summed E-state index contributed by atoms with van der Waals surface area (Å²) in [5, 5.41) is 6.21. The second-order valence-electron chi connectivity index (χ2n) is 12.4. The molecule has 9 nitrogen and oxygen atoms in total. The standard InChI is InChI=1S/C36H34Cl2F2N4O5/c1-36(2,3)49-35(47)44(18-22-10-13-30(46)42-22)17-21-9-8-20(16-29(21)48-4)34-32(38)24(14-15-41-34)23-6-5-7-27(31(23)37)43-28-12-11-26(39)25(19-45)33(28)40/h5-9,11-12,14-16,19,22,43H,10,13,17-18H2,1-4H3,(H,42,46)/t22-/m0/s1. The van der Waals surface area contributed by atoms with Crippen LogP contribution >= 0.6 is 23.2 Å². The first-order chi connectivity index (χ1) is 23.3. The monoisotopic (exact) mass is 710 g/mol. The average molecular weight is 712 g/mol. The first kappa shape index (κ1) is 35.6. The van der Waals surface area contributed by atoms with Gasteiger partial charge in [-0.05, 0) is 57.5 Å². The minimum atomic E-state index is -1.04. The van der Waals surface area contributed by atoms with Crippen LogP contribution in [0.1, 0.15) is 49.5 Å². The Hall–Kier alpha value is -4.74. The quantitative estimate of drug-likeness (QED) is 0.159. The number of ether oxygens (including phenoxy) is 2. The highest BCUT2D eigenvalue weighted by Crippen LogP contribution is 2.42. The van der Waals surface area contributed by atoms with Gasteiger partial charge in [0.2, 0.25) is 5.91 Å². The lowest BCUT2D eigenvalue weighted by Crippen LogP contribution is -2.43. The van der Waals surface area contributed by atoms with Crippen LogP contribution in [0, 0.1) is 11.6 Å². The maximum atomic E-state index is 14.8. The van der Waals surface area contributed by atoms with Crippen LogP contribution in [0.2, 0.25) is 10.0 Å². The molecule has 4 aromatic rings. The molecule has 0 bridgehead atoms. The fourth-order valence-electron chi connectivity index (χ4n) is 5.45. The van der Waals surface area contributed by atoms with E-state index >= 15 is 0 Å². The third kappa shape index (κ3) is 8.12. The third-order valence-electron chi connectivity index (χ3n) is 7.79. The van der Waals surface area contributed by atoms with Gasteiger partial charge in [0.05, 0.1) is 46.3 Å². The topological polar surface area (TPSA) is 110 Å². The lowest BCUT2D eigenvalue weighted by Gasteiger charge is -2.29. The molecule has 256 valence electrons. The first-order valence-corrected chi connectivity index (χ1v) is 16.1. The van der Waals surface area contributed by atoms with Crippen LogP contribution in [0.3, 0.4) is 0 Å². The molecule has 1 fully saturated rings. The highest BCUT2D eigenvalue weighted by atomic mass is 35.5. The number of benzene rings is 3. The van der Waals surface area contributed by atoms with Crippen LogP contribution in [0.25, 0.3) is 22.4 Å². The molecule has 0 spiro atoms. The number of anilines is 2. The Kier molecular flexibility index (Phi) is 10.7. The van der Waals surface area contributed by atoms with Crippen LogP contribution in [0.15, 0.2) is 60.8 Å². The van der Waals surface area contributed by atoms with Crippen LogP contribution in [-0.2, 0) is 16.1 Å². The van der Waals surface area contributed by atoms with Crippen molar-refractivity contribution >= 4 is 52.9 Å². The average Bonchev–Trinajstić information content (AvgIpc) is 3.47. The highest BCUT2D eigenvalue weighted by Gasteiger charge is 2.29. The van der Waals surface area contributed by atoms with Gasteiger partial charge in [-0.15, -0.1) is 0 Å².